The number of hydrogen-bond donors (Lipinski definition) is 1. The molecule has 0 aromatic heterocycles. The van der Waals surface area contributed by atoms with Gasteiger partial charge in [-0.05, 0) is 90.2 Å². The zero-order valence-electron chi connectivity index (χ0n) is 18.2. The van der Waals surface area contributed by atoms with Crippen LogP contribution >= 0.6 is 22.6 Å². The normalized spacial score (nSPS) is 17.8. The standard InChI is InChI=1S/C23H30IN3O3S/c1-17-5-4-14-26(15-17)21-10-6-19(7-11-21)18(2)25-23(28)16-27(31(3,29)30)22-12-8-20(24)9-13-22/h6-13,17-18H,4-5,14-16H2,1-3H3,(H,25,28). The van der Waals surface area contributed by atoms with E-state index in [1.165, 1.54) is 18.5 Å². The molecule has 0 radical (unpaired) electrons. The second-order valence-corrected chi connectivity index (χ2v) is 11.5. The highest BCUT2D eigenvalue weighted by Gasteiger charge is 2.22. The Kier molecular flexibility index (Phi) is 7.85. The predicted octanol–water partition coefficient (Wildman–Crippen LogP) is 4.17. The number of anilines is 2. The fourth-order valence-electron chi connectivity index (χ4n) is 3.91. The van der Waals surface area contributed by atoms with Crippen molar-refractivity contribution in [1.29, 1.82) is 0 Å². The van der Waals surface area contributed by atoms with Gasteiger partial charge in [-0.2, -0.15) is 0 Å². The molecule has 6 nitrogen and oxygen atoms in total. The Labute approximate surface area is 199 Å². The average molecular weight is 555 g/mol. The quantitative estimate of drug-likeness (QED) is 0.521. The van der Waals surface area contributed by atoms with Crippen molar-refractivity contribution in [2.45, 2.75) is 32.7 Å². The smallest absolute Gasteiger partial charge is 0.241 e. The van der Waals surface area contributed by atoms with Crippen LogP contribution in [0.5, 0.6) is 0 Å². The maximum atomic E-state index is 12.6. The maximum absolute atomic E-state index is 12.6. The largest absolute Gasteiger partial charge is 0.371 e. The molecule has 0 aliphatic carbocycles. The van der Waals surface area contributed by atoms with Gasteiger partial charge in [0, 0.05) is 22.3 Å². The number of nitrogens with one attached hydrogen (secondary N) is 1. The Balaban J connectivity index is 1.64. The van der Waals surface area contributed by atoms with Gasteiger partial charge in [0.2, 0.25) is 15.9 Å². The number of carbonyl (C=O) groups is 1. The van der Waals surface area contributed by atoms with Crippen molar-refractivity contribution in [3.05, 3.63) is 57.7 Å². The van der Waals surface area contributed by atoms with Crippen molar-refractivity contribution >= 4 is 49.9 Å². The Morgan fingerprint density at radius 3 is 2.42 bits per heavy atom. The van der Waals surface area contributed by atoms with E-state index in [2.05, 4.69) is 51.9 Å². The molecule has 3 rings (SSSR count). The summed E-state index contributed by atoms with van der Waals surface area (Å²) >= 11 is 2.16. The third kappa shape index (κ3) is 6.58. The Morgan fingerprint density at radius 1 is 1.19 bits per heavy atom. The zero-order chi connectivity index (χ0) is 22.6. The van der Waals surface area contributed by atoms with Crippen LogP contribution in [0.1, 0.15) is 38.3 Å². The van der Waals surface area contributed by atoms with Crippen LogP contribution in [0.15, 0.2) is 48.5 Å². The van der Waals surface area contributed by atoms with Crippen LogP contribution in [-0.4, -0.2) is 40.2 Å². The third-order valence-corrected chi connectivity index (χ3v) is 7.45. The molecule has 1 fully saturated rings. The molecule has 1 amide bonds. The van der Waals surface area contributed by atoms with Crippen LogP contribution in [-0.2, 0) is 14.8 Å². The molecule has 0 spiro atoms. The van der Waals surface area contributed by atoms with Crippen LogP contribution in [0.3, 0.4) is 0 Å². The summed E-state index contributed by atoms with van der Waals surface area (Å²) in [5, 5.41) is 2.93. The van der Waals surface area contributed by atoms with E-state index in [0.717, 1.165) is 32.8 Å². The van der Waals surface area contributed by atoms with E-state index in [4.69, 9.17) is 0 Å². The molecule has 2 unspecified atom stereocenters. The first-order valence-corrected chi connectivity index (χ1v) is 13.4. The second-order valence-electron chi connectivity index (χ2n) is 8.32. The topological polar surface area (TPSA) is 69.7 Å². The molecular formula is C23H30IN3O3S. The summed E-state index contributed by atoms with van der Waals surface area (Å²) in [6, 6.07) is 15.1. The van der Waals surface area contributed by atoms with E-state index < -0.39 is 10.0 Å². The van der Waals surface area contributed by atoms with Gasteiger partial charge in [-0.25, -0.2) is 8.42 Å². The molecule has 2 aromatic rings. The number of amides is 1. The van der Waals surface area contributed by atoms with Gasteiger partial charge >= 0.3 is 0 Å². The molecule has 0 bridgehead atoms. The van der Waals surface area contributed by atoms with Crippen LogP contribution in [0, 0.1) is 9.49 Å². The van der Waals surface area contributed by atoms with Gasteiger partial charge in [-0.1, -0.05) is 19.1 Å². The highest BCUT2D eigenvalue weighted by atomic mass is 127. The highest BCUT2D eigenvalue weighted by Crippen LogP contribution is 2.25. The lowest BCUT2D eigenvalue weighted by Gasteiger charge is -2.33. The average Bonchev–Trinajstić information content (AvgIpc) is 2.72. The lowest BCUT2D eigenvalue weighted by Crippen LogP contribution is -2.41. The Bertz CT molecular complexity index is 994. The molecule has 1 aliphatic heterocycles. The first-order chi connectivity index (χ1) is 14.6. The zero-order valence-corrected chi connectivity index (χ0v) is 21.2. The molecule has 168 valence electrons. The SMILES string of the molecule is CC1CCCN(c2ccc(C(C)NC(=O)CN(c3ccc(I)cc3)S(C)(=O)=O)cc2)C1. The second kappa shape index (κ2) is 10.2. The van der Waals surface area contributed by atoms with E-state index in [-0.39, 0.29) is 18.5 Å². The van der Waals surface area contributed by atoms with Gasteiger partial charge in [0.1, 0.15) is 6.54 Å². The fraction of sp³-hybridized carbons (Fsp3) is 0.435. The molecule has 1 aliphatic rings. The number of halogens is 1. The lowest BCUT2D eigenvalue weighted by atomic mass is 9.99. The van der Waals surface area contributed by atoms with Gasteiger partial charge in [-0.15, -0.1) is 0 Å². The summed E-state index contributed by atoms with van der Waals surface area (Å²) in [5.74, 6) is 0.364. The number of carbonyl (C=O) groups excluding carboxylic acids is 1. The molecule has 8 heteroatoms. The van der Waals surface area contributed by atoms with Gasteiger partial charge in [0.05, 0.1) is 18.0 Å². The van der Waals surface area contributed by atoms with Crippen LogP contribution in [0.2, 0.25) is 0 Å². The molecule has 1 saturated heterocycles. The minimum atomic E-state index is -3.58. The van der Waals surface area contributed by atoms with Gasteiger partial charge in [-0.3, -0.25) is 9.10 Å². The van der Waals surface area contributed by atoms with Gasteiger partial charge in [0.25, 0.3) is 0 Å². The van der Waals surface area contributed by atoms with Gasteiger partial charge < -0.3 is 10.2 Å². The highest BCUT2D eigenvalue weighted by molar-refractivity contribution is 14.1. The number of hydrogen-bond acceptors (Lipinski definition) is 4. The first-order valence-electron chi connectivity index (χ1n) is 10.5. The molecule has 1 N–H and O–H groups in total. The minimum Gasteiger partial charge on any atom is -0.371 e. The maximum Gasteiger partial charge on any atom is 0.241 e. The molecule has 2 aromatic carbocycles. The van der Waals surface area contributed by atoms with Gasteiger partial charge in [0.15, 0.2) is 0 Å². The van der Waals surface area contributed by atoms with E-state index in [0.29, 0.717) is 11.6 Å². The Hall–Kier alpha value is -1.81. The summed E-state index contributed by atoms with van der Waals surface area (Å²) in [6.45, 7) is 6.09. The third-order valence-electron chi connectivity index (χ3n) is 5.59. The van der Waals surface area contributed by atoms with Crippen molar-refractivity contribution in [3.8, 4) is 0 Å². The van der Waals surface area contributed by atoms with E-state index in [9.17, 15) is 13.2 Å². The predicted molar refractivity (Wildman–Crippen MR) is 135 cm³/mol. The molecule has 31 heavy (non-hydrogen) atoms. The van der Waals surface area contributed by atoms with Crippen molar-refractivity contribution in [2.75, 3.05) is 35.1 Å². The number of piperidine rings is 1. The molecule has 1 heterocycles. The fourth-order valence-corrected chi connectivity index (χ4v) is 5.12. The summed E-state index contributed by atoms with van der Waals surface area (Å²) < 4.78 is 26.6. The first kappa shape index (κ1) is 23.8. The van der Waals surface area contributed by atoms with Crippen molar-refractivity contribution < 1.29 is 13.2 Å². The van der Waals surface area contributed by atoms with Crippen molar-refractivity contribution in [2.24, 2.45) is 5.92 Å². The lowest BCUT2D eigenvalue weighted by molar-refractivity contribution is -0.120. The number of sulfonamides is 1. The monoisotopic (exact) mass is 555 g/mol. The van der Waals surface area contributed by atoms with E-state index in [1.54, 1.807) is 12.1 Å². The molecule has 0 saturated carbocycles. The van der Waals surface area contributed by atoms with Crippen LogP contribution < -0.4 is 14.5 Å². The van der Waals surface area contributed by atoms with Crippen LogP contribution in [0.25, 0.3) is 0 Å². The van der Waals surface area contributed by atoms with Crippen molar-refractivity contribution in [3.63, 3.8) is 0 Å². The summed E-state index contributed by atoms with van der Waals surface area (Å²) in [6.07, 6.45) is 3.61. The minimum absolute atomic E-state index is 0.222. The number of rotatable bonds is 7. The number of benzene rings is 2. The van der Waals surface area contributed by atoms with Crippen LogP contribution in [0.4, 0.5) is 11.4 Å². The molecule has 2 atom stereocenters. The number of nitrogens with zero attached hydrogens (tertiary/aromatic N) is 2. The summed E-state index contributed by atoms with van der Waals surface area (Å²) in [4.78, 5) is 15.1. The van der Waals surface area contributed by atoms with Crippen molar-refractivity contribution in [1.82, 2.24) is 5.32 Å². The van der Waals surface area contributed by atoms with E-state index in [1.807, 2.05) is 31.2 Å². The summed E-state index contributed by atoms with van der Waals surface area (Å²) in [7, 11) is -3.58. The van der Waals surface area contributed by atoms with E-state index >= 15 is 0 Å². The summed E-state index contributed by atoms with van der Waals surface area (Å²) in [5.41, 5.74) is 2.67. The molecular weight excluding hydrogens is 525 g/mol. The Morgan fingerprint density at radius 2 is 1.84 bits per heavy atom.